The molecular formula is C16H22F2IN3O. The van der Waals surface area contributed by atoms with Crippen LogP contribution < -0.4 is 10.6 Å². The van der Waals surface area contributed by atoms with Crippen molar-refractivity contribution in [2.24, 2.45) is 4.99 Å². The molecule has 0 amide bonds. The number of hydrogen-bond acceptors (Lipinski definition) is 2. The summed E-state index contributed by atoms with van der Waals surface area (Å²) in [4.78, 5) is 4.18. The number of halogens is 3. The molecule has 0 aromatic heterocycles. The number of rotatable bonds is 4. The number of hydrogen-bond donors (Lipinski definition) is 2. The monoisotopic (exact) mass is 437 g/mol. The van der Waals surface area contributed by atoms with Gasteiger partial charge in [0.05, 0.1) is 18.2 Å². The average molecular weight is 437 g/mol. The smallest absolute Gasteiger partial charge is 0.191 e. The zero-order valence-corrected chi connectivity index (χ0v) is 15.3. The number of nitrogens with zero attached hydrogens (tertiary/aromatic N) is 1. The SMILES string of the molecule is CN=C(NCCc1cc(F)ccc1F)NC1CC2CCC1O2.I. The van der Waals surface area contributed by atoms with Gasteiger partial charge in [-0.15, -0.1) is 24.0 Å². The first-order valence-corrected chi connectivity index (χ1v) is 7.72. The molecule has 0 saturated carbocycles. The molecule has 23 heavy (non-hydrogen) atoms. The van der Waals surface area contributed by atoms with E-state index in [4.69, 9.17) is 4.74 Å². The topological polar surface area (TPSA) is 45.7 Å². The van der Waals surface area contributed by atoms with Crippen LogP contribution in [0.15, 0.2) is 23.2 Å². The first-order chi connectivity index (χ1) is 10.7. The largest absolute Gasteiger partial charge is 0.373 e. The lowest BCUT2D eigenvalue weighted by molar-refractivity contribution is 0.0992. The molecule has 2 aliphatic heterocycles. The zero-order chi connectivity index (χ0) is 15.5. The summed E-state index contributed by atoms with van der Waals surface area (Å²) in [5, 5.41) is 6.50. The lowest BCUT2D eigenvalue weighted by Gasteiger charge is -2.22. The summed E-state index contributed by atoms with van der Waals surface area (Å²) in [6, 6.07) is 3.80. The van der Waals surface area contributed by atoms with Crippen molar-refractivity contribution in [3.8, 4) is 0 Å². The van der Waals surface area contributed by atoms with Crippen molar-refractivity contribution in [3.05, 3.63) is 35.4 Å². The Morgan fingerprint density at radius 1 is 1.35 bits per heavy atom. The molecule has 3 atom stereocenters. The van der Waals surface area contributed by atoms with E-state index >= 15 is 0 Å². The number of aliphatic imine (C=N–C) groups is 1. The van der Waals surface area contributed by atoms with Crippen LogP contribution in [-0.2, 0) is 11.2 Å². The van der Waals surface area contributed by atoms with Gasteiger partial charge in [-0.1, -0.05) is 0 Å². The van der Waals surface area contributed by atoms with E-state index in [1.165, 1.54) is 6.07 Å². The van der Waals surface area contributed by atoms with Crippen molar-refractivity contribution in [2.75, 3.05) is 13.6 Å². The molecule has 2 fully saturated rings. The molecule has 2 N–H and O–H groups in total. The predicted octanol–water partition coefficient (Wildman–Crippen LogP) is 2.61. The van der Waals surface area contributed by atoms with E-state index in [0.717, 1.165) is 31.4 Å². The summed E-state index contributed by atoms with van der Waals surface area (Å²) >= 11 is 0. The third kappa shape index (κ3) is 4.53. The summed E-state index contributed by atoms with van der Waals surface area (Å²) in [5.41, 5.74) is 0.367. The van der Waals surface area contributed by atoms with E-state index in [1.807, 2.05) is 0 Å². The van der Waals surface area contributed by atoms with Crippen molar-refractivity contribution in [1.29, 1.82) is 0 Å². The molecule has 128 valence electrons. The highest BCUT2D eigenvalue weighted by molar-refractivity contribution is 14.0. The molecule has 0 aliphatic carbocycles. The summed E-state index contributed by atoms with van der Waals surface area (Å²) in [6.45, 7) is 0.488. The minimum atomic E-state index is -0.418. The maximum atomic E-state index is 13.5. The third-order valence-corrected chi connectivity index (χ3v) is 4.35. The van der Waals surface area contributed by atoms with Crippen LogP contribution in [0.25, 0.3) is 0 Å². The van der Waals surface area contributed by atoms with Crippen LogP contribution >= 0.6 is 24.0 Å². The van der Waals surface area contributed by atoms with Crippen LogP contribution in [0.4, 0.5) is 8.78 Å². The normalized spacial score (nSPS) is 26.0. The van der Waals surface area contributed by atoms with Crippen molar-refractivity contribution in [2.45, 2.75) is 43.9 Å². The number of benzene rings is 1. The summed E-state index contributed by atoms with van der Waals surface area (Å²) in [6.07, 6.45) is 4.29. The number of nitrogens with one attached hydrogen (secondary N) is 2. The van der Waals surface area contributed by atoms with Gasteiger partial charge in [-0.25, -0.2) is 8.78 Å². The molecule has 4 nitrogen and oxygen atoms in total. The Hall–Kier alpha value is -0.960. The Balaban J connectivity index is 0.00000192. The Morgan fingerprint density at radius 2 is 2.17 bits per heavy atom. The summed E-state index contributed by atoms with van der Waals surface area (Å²) < 4.78 is 32.5. The molecule has 1 aromatic rings. The van der Waals surface area contributed by atoms with Gasteiger partial charge in [0.2, 0.25) is 0 Å². The highest BCUT2D eigenvalue weighted by atomic mass is 127. The Bertz CT molecular complexity index is 570. The Morgan fingerprint density at radius 3 is 2.83 bits per heavy atom. The Kier molecular flexibility index (Phi) is 6.58. The molecule has 2 saturated heterocycles. The fraction of sp³-hybridized carbons (Fsp3) is 0.562. The molecule has 2 heterocycles. The van der Waals surface area contributed by atoms with Crippen LogP contribution in [0.2, 0.25) is 0 Å². The number of ether oxygens (including phenoxy) is 1. The van der Waals surface area contributed by atoms with Gasteiger partial charge in [-0.2, -0.15) is 0 Å². The molecule has 2 aliphatic rings. The van der Waals surface area contributed by atoms with Crippen LogP contribution in [0.5, 0.6) is 0 Å². The van der Waals surface area contributed by atoms with E-state index in [-0.39, 0.29) is 41.9 Å². The number of guanidine groups is 1. The first kappa shape index (κ1) is 18.4. The average Bonchev–Trinajstić information content (AvgIpc) is 3.12. The third-order valence-electron chi connectivity index (χ3n) is 4.35. The predicted molar refractivity (Wildman–Crippen MR) is 96.3 cm³/mol. The van der Waals surface area contributed by atoms with Gasteiger partial charge in [-0.3, -0.25) is 4.99 Å². The molecule has 2 bridgehead atoms. The quantitative estimate of drug-likeness (QED) is 0.433. The van der Waals surface area contributed by atoms with E-state index in [9.17, 15) is 8.78 Å². The Labute approximate surface area is 152 Å². The second-order valence-corrected chi connectivity index (χ2v) is 5.85. The minimum absolute atomic E-state index is 0. The van der Waals surface area contributed by atoms with Crippen molar-refractivity contribution in [3.63, 3.8) is 0 Å². The van der Waals surface area contributed by atoms with Gasteiger partial charge >= 0.3 is 0 Å². The van der Waals surface area contributed by atoms with Gasteiger partial charge in [0.1, 0.15) is 11.6 Å². The molecule has 3 rings (SSSR count). The van der Waals surface area contributed by atoms with Gasteiger partial charge in [0, 0.05) is 13.6 Å². The highest BCUT2D eigenvalue weighted by Gasteiger charge is 2.41. The lowest BCUT2D eigenvalue weighted by atomic mass is 9.96. The van der Waals surface area contributed by atoms with E-state index in [2.05, 4.69) is 15.6 Å². The second kappa shape index (κ2) is 8.23. The molecule has 0 radical (unpaired) electrons. The molecule has 3 unspecified atom stereocenters. The van der Waals surface area contributed by atoms with Crippen LogP contribution in [0, 0.1) is 11.6 Å². The lowest BCUT2D eigenvalue weighted by Crippen LogP contribution is -2.47. The maximum absolute atomic E-state index is 13.5. The molecule has 1 aromatic carbocycles. The van der Waals surface area contributed by atoms with Gasteiger partial charge in [-0.05, 0) is 49.4 Å². The van der Waals surface area contributed by atoms with Crippen molar-refractivity contribution < 1.29 is 13.5 Å². The first-order valence-electron chi connectivity index (χ1n) is 7.72. The van der Waals surface area contributed by atoms with E-state index in [1.54, 1.807) is 7.05 Å². The molecule has 0 spiro atoms. The van der Waals surface area contributed by atoms with Crippen molar-refractivity contribution in [1.82, 2.24) is 10.6 Å². The molecular weight excluding hydrogens is 415 g/mol. The minimum Gasteiger partial charge on any atom is -0.373 e. The maximum Gasteiger partial charge on any atom is 0.191 e. The van der Waals surface area contributed by atoms with Crippen LogP contribution in [0.3, 0.4) is 0 Å². The van der Waals surface area contributed by atoms with E-state index < -0.39 is 5.82 Å². The zero-order valence-electron chi connectivity index (χ0n) is 13.0. The van der Waals surface area contributed by atoms with Crippen molar-refractivity contribution >= 4 is 29.9 Å². The summed E-state index contributed by atoms with van der Waals surface area (Å²) in [5.74, 6) is -0.122. The van der Waals surface area contributed by atoms with Gasteiger partial charge < -0.3 is 15.4 Å². The van der Waals surface area contributed by atoms with Gasteiger partial charge in [0.25, 0.3) is 0 Å². The second-order valence-electron chi connectivity index (χ2n) is 5.85. The fourth-order valence-corrected chi connectivity index (χ4v) is 3.21. The molecule has 7 heteroatoms. The van der Waals surface area contributed by atoms with Crippen LogP contribution in [0.1, 0.15) is 24.8 Å². The van der Waals surface area contributed by atoms with Gasteiger partial charge in [0.15, 0.2) is 5.96 Å². The summed E-state index contributed by atoms with van der Waals surface area (Å²) in [7, 11) is 1.70. The fourth-order valence-electron chi connectivity index (χ4n) is 3.21. The standard InChI is InChI=1S/C16H21F2N3O.HI/c1-19-16(21-14-9-12-3-5-15(14)22-12)20-7-6-10-8-11(17)2-4-13(10)18;/h2,4,8,12,14-15H,3,5-7,9H2,1H3,(H2,19,20,21);1H. The highest BCUT2D eigenvalue weighted by Crippen LogP contribution is 2.34. The van der Waals surface area contributed by atoms with Crippen LogP contribution in [-0.4, -0.2) is 37.8 Å². The number of fused-ring (bicyclic) bond motifs is 2. The van der Waals surface area contributed by atoms with E-state index in [0.29, 0.717) is 30.6 Å².